The summed E-state index contributed by atoms with van der Waals surface area (Å²) >= 11 is 0. The number of carbonyl (C=O) groups excluding carboxylic acids is 1. The van der Waals surface area contributed by atoms with E-state index >= 15 is 0 Å². The third-order valence-corrected chi connectivity index (χ3v) is 3.77. The van der Waals surface area contributed by atoms with E-state index in [-0.39, 0.29) is 11.4 Å². The summed E-state index contributed by atoms with van der Waals surface area (Å²) in [6.45, 7) is 2.87. The maximum atomic E-state index is 11.5. The number of anilines is 1. The maximum Gasteiger partial charge on any atom is 0.282 e. The predicted octanol–water partition coefficient (Wildman–Crippen LogP) is 0.825. The van der Waals surface area contributed by atoms with Crippen molar-refractivity contribution in [2.45, 2.75) is 19.1 Å². The van der Waals surface area contributed by atoms with Crippen LogP contribution in [-0.2, 0) is 9.84 Å². The van der Waals surface area contributed by atoms with Crippen molar-refractivity contribution in [1.82, 2.24) is 0 Å². The summed E-state index contributed by atoms with van der Waals surface area (Å²) in [5.41, 5.74) is 5.19. The molecule has 1 heterocycles. The van der Waals surface area contributed by atoms with Crippen LogP contribution in [-0.4, -0.2) is 18.8 Å². The van der Waals surface area contributed by atoms with Gasteiger partial charge in [-0.15, -0.1) is 0 Å². The number of hydrogen-bond acceptors (Lipinski definition) is 5. The highest BCUT2D eigenvalue weighted by molar-refractivity contribution is 8.07. The molecule has 1 aromatic heterocycles. The predicted molar refractivity (Wildman–Crippen MR) is 51.5 cm³/mol. The first-order valence-corrected chi connectivity index (χ1v) is 5.53. The molecule has 1 rings (SSSR count). The van der Waals surface area contributed by atoms with Crippen molar-refractivity contribution in [3.63, 3.8) is 0 Å². The lowest BCUT2D eigenvalue weighted by atomic mass is 10.3. The van der Waals surface area contributed by atoms with Crippen molar-refractivity contribution < 1.29 is 17.6 Å². The fourth-order valence-corrected chi connectivity index (χ4v) is 1.76. The topological polar surface area (TPSA) is 90.4 Å². The summed E-state index contributed by atoms with van der Waals surface area (Å²) in [5.74, 6) is -0.167. The third-order valence-electron chi connectivity index (χ3n) is 1.79. The van der Waals surface area contributed by atoms with Crippen molar-refractivity contribution in [3.8, 4) is 0 Å². The quantitative estimate of drug-likeness (QED) is 0.792. The number of hydrogen-bond donors (Lipinski definition) is 1. The summed E-state index contributed by atoms with van der Waals surface area (Å²) in [7, 11) is -3.80. The Bertz CT molecular complexity index is 444. The lowest BCUT2D eigenvalue weighted by Crippen LogP contribution is -2.24. The van der Waals surface area contributed by atoms with Crippen LogP contribution in [0.3, 0.4) is 0 Å². The maximum absolute atomic E-state index is 11.5. The third kappa shape index (κ3) is 1.65. The molecule has 14 heavy (non-hydrogen) atoms. The Balaban J connectivity index is 3.16. The van der Waals surface area contributed by atoms with E-state index in [1.807, 2.05) is 0 Å². The Labute approximate surface area is 81.8 Å². The fraction of sp³-hybridized carbons (Fsp3) is 0.375. The van der Waals surface area contributed by atoms with E-state index in [0.717, 1.165) is 0 Å². The highest BCUT2D eigenvalue weighted by Crippen LogP contribution is 2.18. The zero-order valence-electron chi connectivity index (χ0n) is 7.85. The number of furan rings is 1. The van der Waals surface area contributed by atoms with Crippen LogP contribution in [0.25, 0.3) is 0 Å². The molecule has 0 aliphatic heterocycles. The largest absolute Gasteiger partial charge is 0.448 e. The van der Waals surface area contributed by atoms with Crippen LogP contribution < -0.4 is 5.73 Å². The minimum absolute atomic E-state index is 0.0984. The first-order chi connectivity index (χ1) is 6.37. The summed E-state index contributed by atoms with van der Waals surface area (Å²) < 4.78 is 27.5. The molecule has 78 valence electrons. The monoisotopic (exact) mass is 217 g/mol. The molecule has 0 radical (unpaired) electrons. The van der Waals surface area contributed by atoms with Crippen molar-refractivity contribution in [3.05, 3.63) is 17.9 Å². The number of nitrogens with two attached hydrogens (primary N) is 1. The van der Waals surface area contributed by atoms with E-state index in [1.165, 1.54) is 26.2 Å². The molecule has 5 nitrogen and oxygen atoms in total. The number of rotatable bonds is 2. The summed E-state index contributed by atoms with van der Waals surface area (Å²) in [6, 6.07) is 1.25. The average Bonchev–Trinajstić information content (AvgIpc) is 2.49. The van der Waals surface area contributed by atoms with E-state index in [9.17, 15) is 13.2 Å². The van der Waals surface area contributed by atoms with Gasteiger partial charge >= 0.3 is 0 Å². The molecule has 0 unspecified atom stereocenters. The van der Waals surface area contributed by atoms with Gasteiger partial charge in [-0.05, 0) is 19.9 Å². The van der Waals surface area contributed by atoms with Gasteiger partial charge in [0.25, 0.3) is 5.12 Å². The van der Waals surface area contributed by atoms with Gasteiger partial charge in [0.2, 0.25) is 15.7 Å². The second kappa shape index (κ2) is 3.45. The molecule has 0 bridgehead atoms. The molecule has 0 aliphatic rings. The van der Waals surface area contributed by atoms with E-state index < -0.39 is 20.2 Å². The van der Waals surface area contributed by atoms with Gasteiger partial charge in [0.15, 0.2) is 0 Å². The highest BCUT2D eigenvalue weighted by atomic mass is 32.2. The van der Waals surface area contributed by atoms with E-state index in [2.05, 4.69) is 4.42 Å². The van der Waals surface area contributed by atoms with Gasteiger partial charge in [-0.25, -0.2) is 8.42 Å². The normalized spacial score (nSPS) is 11.9. The number of nitrogen functional groups attached to an aromatic ring is 1. The van der Waals surface area contributed by atoms with Crippen molar-refractivity contribution in [2.24, 2.45) is 0 Å². The zero-order chi connectivity index (χ0) is 10.9. The molecule has 6 heteroatoms. The second-order valence-corrected chi connectivity index (χ2v) is 5.48. The number of sulfone groups is 1. The van der Waals surface area contributed by atoms with Gasteiger partial charge in [0, 0.05) is 0 Å². The van der Waals surface area contributed by atoms with Gasteiger partial charge in [-0.2, -0.15) is 0 Å². The Morgan fingerprint density at radius 2 is 2.07 bits per heavy atom. The molecule has 0 aliphatic carbocycles. The van der Waals surface area contributed by atoms with Crippen LogP contribution >= 0.6 is 0 Å². The minimum Gasteiger partial charge on any atom is -0.448 e. The summed E-state index contributed by atoms with van der Waals surface area (Å²) in [4.78, 5) is 11.5. The van der Waals surface area contributed by atoms with Crippen LogP contribution in [0.4, 0.5) is 5.88 Å². The van der Waals surface area contributed by atoms with Crippen molar-refractivity contribution >= 4 is 20.8 Å². The first-order valence-electron chi connectivity index (χ1n) is 3.98. The van der Waals surface area contributed by atoms with E-state index in [0.29, 0.717) is 0 Å². The standard InChI is InChI=1S/C8H11NO4S/c1-5(2)14(11,12)8(10)6-3-4-13-7(6)9/h3-5H,9H2,1-2H3. The molecule has 0 saturated carbocycles. The zero-order valence-corrected chi connectivity index (χ0v) is 8.67. The highest BCUT2D eigenvalue weighted by Gasteiger charge is 2.30. The Hall–Kier alpha value is -1.30. The molecule has 0 aromatic carbocycles. The molecule has 0 spiro atoms. The molecule has 0 amide bonds. The van der Waals surface area contributed by atoms with Gasteiger partial charge in [-0.3, -0.25) is 4.79 Å². The molecule has 0 atom stereocenters. The summed E-state index contributed by atoms with van der Waals surface area (Å²) in [6.07, 6.45) is 1.18. The van der Waals surface area contributed by atoms with Crippen LogP contribution in [0.1, 0.15) is 24.2 Å². The Morgan fingerprint density at radius 3 is 2.43 bits per heavy atom. The van der Waals surface area contributed by atoms with E-state index in [1.54, 1.807) is 0 Å². The Kier molecular flexibility index (Phi) is 2.66. The molecular formula is C8H11NO4S. The van der Waals surface area contributed by atoms with E-state index in [4.69, 9.17) is 5.73 Å². The molecule has 1 aromatic rings. The lowest BCUT2D eigenvalue weighted by Gasteiger charge is -2.04. The lowest BCUT2D eigenvalue weighted by molar-refractivity contribution is 0.107. The van der Waals surface area contributed by atoms with Gasteiger partial charge in [0.05, 0.1) is 17.1 Å². The molecule has 0 saturated heterocycles. The average molecular weight is 217 g/mol. The van der Waals surface area contributed by atoms with Gasteiger partial charge in [-0.1, -0.05) is 0 Å². The fourth-order valence-electron chi connectivity index (χ4n) is 0.857. The summed E-state index contributed by atoms with van der Waals surface area (Å²) in [5, 5.41) is -1.75. The minimum atomic E-state index is -3.80. The van der Waals surface area contributed by atoms with Crippen LogP contribution in [0.15, 0.2) is 16.7 Å². The molecule has 0 fully saturated rings. The van der Waals surface area contributed by atoms with Crippen molar-refractivity contribution in [2.75, 3.05) is 5.73 Å². The van der Waals surface area contributed by atoms with Crippen molar-refractivity contribution in [1.29, 1.82) is 0 Å². The smallest absolute Gasteiger partial charge is 0.282 e. The Morgan fingerprint density at radius 1 is 1.50 bits per heavy atom. The second-order valence-electron chi connectivity index (χ2n) is 3.08. The van der Waals surface area contributed by atoms with Crippen LogP contribution in [0.5, 0.6) is 0 Å². The van der Waals surface area contributed by atoms with Crippen LogP contribution in [0.2, 0.25) is 0 Å². The molecular weight excluding hydrogens is 206 g/mol. The molecule has 2 N–H and O–H groups in total. The SMILES string of the molecule is CC(C)S(=O)(=O)C(=O)c1ccoc1N. The first kappa shape index (κ1) is 10.8. The van der Waals surface area contributed by atoms with Crippen LogP contribution in [0, 0.1) is 0 Å². The number of carbonyl (C=O) groups is 1. The van der Waals surface area contributed by atoms with Gasteiger partial charge in [0.1, 0.15) is 0 Å². The van der Waals surface area contributed by atoms with Gasteiger partial charge < -0.3 is 10.2 Å².